The van der Waals surface area contributed by atoms with E-state index in [4.69, 9.17) is 10.2 Å². The number of carbonyl (C=O) groups is 1. The molecule has 0 amide bonds. The van der Waals surface area contributed by atoms with Gasteiger partial charge in [0, 0.05) is 6.42 Å². The summed E-state index contributed by atoms with van der Waals surface area (Å²) >= 11 is 2.66. The third-order valence-corrected chi connectivity index (χ3v) is 6.42. The molecule has 0 spiro atoms. The van der Waals surface area contributed by atoms with Crippen LogP contribution >= 0.6 is 22.7 Å². The molecule has 4 N–H and O–H groups in total. The molecule has 27 heavy (non-hydrogen) atoms. The molecule has 0 saturated carbocycles. The third kappa shape index (κ3) is 4.86. The number of hydrogen-bond acceptors (Lipinski definition) is 9. The Bertz CT molecular complexity index is 1070. The Morgan fingerprint density at radius 3 is 2.52 bits per heavy atom. The van der Waals surface area contributed by atoms with E-state index in [0.29, 0.717) is 21.7 Å². The zero-order valence-electron chi connectivity index (χ0n) is 14.0. The molecule has 9 nitrogen and oxygen atoms in total. The van der Waals surface area contributed by atoms with Crippen molar-refractivity contribution in [3.05, 3.63) is 35.0 Å². The minimum absolute atomic E-state index is 0.00363. The first-order chi connectivity index (χ1) is 12.7. The van der Waals surface area contributed by atoms with E-state index in [1.807, 2.05) is 6.92 Å². The zero-order chi connectivity index (χ0) is 19.6. The molecule has 0 aliphatic rings. The highest BCUT2D eigenvalue weighted by Crippen LogP contribution is 2.35. The third-order valence-electron chi connectivity index (χ3n) is 3.48. The second-order valence-electron chi connectivity index (χ2n) is 5.52. The second-order valence-corrected chi connectivity index (χ2v) is 9.15. The largest absolute Gasteiger partial charge is 0.481 e. The molecule has 0 atom stereocenters. The standard InChI is InChI=1S/C15H15N5O4S3/c1-8-13(9-2-4-10(5-3-9)27(16,23)24)26-14(17-8)18-15-20-19-11(25-15)6-7-12(21)22/h2-5H,6-7H2,1H3,(H,21,22)(H2,16,23,24)(H,17,18,20). The van der Waals surface area contributed by atoms with Crippen LogP contribution < -0.4 is 10.5 Å². The maximum absolute atomic E-state index is 11.4. The fourth-order valence-corrected chi connectivity index (χ4v) is 4.51. The van der Waals surface area contributed by atoms with Gasteiger partial charge in [0.1, 0.15) is 5.01 Å². The number of carboxylic acids is 1. The summed E-state index contributed by atoms with van der Waals surface area (Å²) in [4.78, 5) is 16.0. The molecule has 2 heterocycles. The predicted molar refractivity (Wildman–Crippen MR) is 103 cm³/mol. The van der Waals surface area contributed by atoms with Crippen LogP contribution in [0.3, 0.4) is 0 Å². The predicted octanol–water partition coefficient (Wildman–Crippen LogP) is 2.38. The second kappa shape index (κ2) is 7.68. The van der Waals surface area contributed by atoms with Gasteiger partial charge in [0.05, 0.1) is 21.9 Å². The summed E-state index contributed by atoms with van der Waals surface area (Å²) in [6.07, 6.45) is 0.330. The van der Waals surface area contributed by atoms with Gasteiger partial charge in [-0.05, 0) is 24.6 Å². The highest BCUT2D eigenvalue weighted by Gasteiger charge is 2.14. The fraction of sp³-hybridized carbons (Fsp3) is 0.200. The number of nitrogens with two attached hydrogens (primary N) is 1. The number of rotatable bonds is 7. The fourth-order valence-electron chi connectivity index (χ4n) is 2.22. The maximum Gasteiger partial charge on any atom is 0.303 e. The highest BCUT2D eigenvalue weighted by atomic mass is 32.2. The number of aromatic nitrogens is 3. The van der Waals surface area contributed by atoms with Crippen LogP contribution in [-0.4, -0.2) is 34.7 Å². The molecule has 3 aromatic rings. The van der Waals surface area contributed by atoms with Gasteiger partial charge in [0.2, 0.25) is 15.2 Å². The van der Waals surface area contributed by atoms with E-state index < -0.39 is 16.0 Å². The molecule has 12 heteroatoms. The number of thiazole rings is 1. The SMILES string of the molecule is Cc1nc(Nc2nnc(CCC(=O)O)s2)sc1-c1ccc(S(N)(=O)=O)cc1. The molecular weight excluding hydrogens is 410 g/mol. The number of aryl methyl sites for hydroxylation is 2. The molecule has 0 aliphatic heterocycles. The number of nitrogens with zero attached hydrogens (tertiary/aromatic N) is 3. The average molecular weight is 426 g/mol. The summed E-state index contributed by atoms with van der Waals surface area (Å²) in [6.45, 7) is 1.85. The summed E-state index contributed by atoms with van der Waals surface area (Å²) in [5, 5.41) is 26.6. The smallest absolute Gasteiger partial charge is 0.303 e. The quantitative estimate of drug-likeness (QED) is 0.522. The van der Waals surface area contributed by atoms with Gasteiger partial charge in [0.15, 0.2) is 5.13 Å². The number of hydrogen-bond donors (Lipinski definition) is 3. The van der Waals surface area contributed by atoms with E-state index in [1.54, 1.807) is 12.1 Å². The van der Waals surface area contributed by atoms with E-state index in [2.05, 4.69) is 20.5 Å². The number of primary sulfonamides is 1. The lowest BCUT2D eigenvalue weighted by molar-refractivity contribution is -0.136. The number of benzene rings is 1. The number of anilines is 2. The van der Waals surface area contributed by atoms with Crippen LogP contribution in [0.1, 0.15) is 17.1 Å². The number of aliphatic carboxylic acids is 1. The minimum Gasteiger partial charge on any atom is -0.481 e. The van der Waals surface area contributed by atoms with E-state index in [-0.39, 0.29) is 11.3 Å². The van der Waals surface area contributed by atoms with Crippen molar-refractivity contribution < 1.29 is 18.3 Å². The molecular formula is C15H15N5O4S3. The first kappa shape index (κ1) is 19.4. The van der Waals surface area contributed by atoms with Gasteiger partial charge < -0.3 is 10.4 Å². The van der Waals surface area contributed by atoms with Crippen LogP contribution in [0.4, 0.5) is 10.3 Å². The Balaban J connectivity index is 1.76. The Morgan fingerprint density at radius 1 is 1.19 bits per heavy atom. The van der Waals surface area contributed by atoms with Gasteiger partial charge in [-0.3, -0.25) is 4.79 Å². The molecule has 3 rings (SSSR count). The van der Waals surface area contributed by atoms with Gasteiger partial charge in [-0.1, -0.05) is 34.8 Å². The van der Waals surface area contributed by atoms with E-state index in [9.17, 15) is 13.2 Å². The first-order valence-electron chi connectivity index (χ1n) is 7.64. The lowest BCUT2D eigenvalue weighted by Gasteiger charge is -2.01. The number of nitrogens with one attached hydrogen (secondary N) is 1. The Kier molecular flexibility index (Phi) is 5.51. The lowest BCUT2D eigenvalue weighted by Crippen LogP contribution is -2.11. The topological polar surface area (TPSA) is 148 Å². The summed E-state index contributed by atoms with van der Waals surface area (Å²) in [7, 11) is -3.73. The van der Waals surface area contributed by atoms with Crippen molar-refractivity contribution in [3.63, 3.8) is 0 Å². The molecule has 0 unspecified atom stereocenters. The van der Waals surface area contributed by atoms with Gasteiger partial charge in [-0.25, -0.2) is 18.5 Å². The molecule has 1 aromatic carbocycles. The molecule has 0 aliphatic carbocycles. The van der Waals surface area contributed by atoms with Gasteiger partial charge in [-0.2, -0.15) is 0 Å². The van der Waals surface area contributed by atoms with Gasteiger partial charge in [-0.15, -0.1) is 10.2 Å². The van der Waals surface area contributed by atoms with Crippen LogP contribution in [-0.2, 0) is 21.2 Å². The first-order valence-corrected chi connectivity index (χ1v) is 10.8. The van der Waals surface area contributed by atoms with Crippen molar-refractivity contribution in [1.82, 2.24) is 15.2 Å². The van der Waals surface area contributed by atoms with Crippen LogP contribution in [0, 0.1) is 6.92 Å². The molecule has 0 saturated heterocycles. The Morgan fingerprint density at radius 2 is 1.89 bits per heavy atom. The van der Waals surface area contributed by atoms with Crippen molar-refractivity contribution >= 4 is 48.9 Å². The molecule has 2 aromatic heterocycles. The normalized spacial score (nSPS) is 11.5. The minimum atomic E-state index is -3.73. The molecule has 0 bridgehead atoms. The van der Waals surface area contributed by atoms with Crippen molar-refractivity contribution in [2.75, 3.05) is 5.32 Å². The lowest BCUT2D eigenvalue weighted by atomic mass is 10.2. The van der Waals surface area contributed by atoms with Crippen molar-refractivity contribution in [2.45, 2.75) is 24.7 Å². The van der Waals surface area contributed by atoms with Crippen LogP contribution in [0.25, 0.3) is 10.4 Å². The van der Waals surface area contributed by atoms with E-state index >= 15 is 0 Å². The van der Waals surface area contributed by atoms with E-state index in [0.717, 1.165) is 16.1 Å². The monoisotopic (exact) mass is 425 g/mol. The van der Waals surface area contributed by atoms with E-state index in [1.165, 1.54) is 34.8 Å². The van der Waals surface area contributed by atoms with Crippen LogP contribution in [0.5, 0.6) is 0 Å². The maximum atomic E-state index is 11.4. The zero-order valence-corrected chi connectivity index (χ0v) is 16.5. The summed E-state index contributed by atoms with van der Waals surface area (Å²) in [6, 6.07) is 6.27. The van der Waals surface area contributed by atoms with Crippen LogP contribution in [0.15, 0.2) is 29.2 Å². The molecule has 0 radical (unpaired) electrons. The van der Waals surface area contributed by atoms with Gasteiger partial charge in [0.25, 0.3) is 0 Å². The Labute approximate surface area is 163 Å². The number of sulfonamides is 1. The van der Waals surface area contributed by atoms with Gasteiger partial charge >= 0.3 is 5.97 Å². The average Bonchev–Trinajstić information content (AvgIpc) is 3.19. The van der Waals surface area contributed by atoms with Crippen molar-refractivity contribution in [2.24, 2.45) is 5.14 Å². The van der Waals surface area contributed by atoms with Crippen molar-refractivity contribution in [3.8, 4) is 10.4 Å². The summed E-state index contributed by atoms with van der Waals surface area (Å²) in [5.74, 6) is -0.881. The highest BCUT2D eigenvalue weighted by molar-refractivity contribution is 7.89. The van der Waals surface area contributed by atoms with Crippen molar-refractivity contribution in [1.29, 1.82) is 0 Å². The summed E-state index contributed by atoms with van der Waals surface area (Å²) < 4.78 is 22.7. The molecule has 142 valence electrons. The number of carboxylic acid groups (broad SMARTS) is 1. The van der Waals surface area contributed by atoms with Crippen LogP contribution in [0.2, 0.25) is 0 Å². The Hall–Kier alpha value is -2.41. The molecule has 0 fully saturated rings. The summed E-state index contributed by atoms with van der Waals surface area (Å²) in [5.41, 5.74) is 1.60.